The minimum atomic E-state index is 0.431. The molecular weight excluding hydrogens is 246 g/mol. The number of methoxy groups -OCH3 is 1. The first kappa shape index (κ1) is 13.4. The van der Waals surface area contributed by atoms with E-state index in [4.69, 9.17) is 4.74 Å². The van der Waals surface area contributed by atoms with Gasteiger partial charge in [0, 0.05) is 11.4 Å². The summed E-state index contributed by atoms with van der Waals surface area (Å²) in [6.07, 6.45) is 3.63. The fraction of sp³-hybridized carbons (Fsp3) is 0.444. The molecule has 2 aromatic carbocycles. The van der Waals surface area contributed by atoms with E-state index in [1.165, 1.54) is 41.2 Å². The number of hydrogen-bond acceptors (Lipinski definition) is 2. The van der Waals surface area contributed by atoms with Crippen molar-refractivity contribution in [2.75, 3.05) is 14.2 Å². The summed E-state index contributed by atoms with van der Waals surface area (Å²) in [5.41, 5.74) is 2.93. The number of fused-ring (bicyclic) bond motifs is 3. The Kier molecular flexibility index (Phi) is 3.66. The largest absolute Gasteiger partial charge is 0.496 e. The Bertz CT molecular complexity index is 620. The highest BCUT2D eigenvalue weighted by Gasteiger charge is 2.24. The van der Waals surface area contributed by atoms with Gasteiger partial charge in [0.15, 0.2) is 0 Å². The molecule has 20 heavy (non-hydrogen) atoms. The molecule has 0 aliphatic heterocycles. The first-order chi connectivity index (χ1) is 9.74. The zero-order valence-corrected chi connectivity index (χ0v) is 12.6. The van der Waals surface area contributed by atoms with E-state index in [9.17, 15) is 0 Å². The lowest BCUT2D eigenvalue weighted by molar-refractivity contribution is 0.413. The summed E-state index contributed by atoms with van der Waals surface area (Å²) in [5.74, 6) is 1.75. The zero-order valence-electron chi connectivity index (χ0n) is 12.6. The molecule has 1 aliphatic carbocycles. The van der Waals surface area contributed by atoms with Crippen LogP contribution in [-0.2, 0) is 6.42 Å². The number of ether oxygens (including phenoxy) is 1. The van der Waals surface area contributed by atoms with Crippen LogP contribution in [0.4, 0.5) is 0 Å². The molecule has 3 rings (SSSR count). The van der Waals surface area contributed by atoms with E-state index < -0.39 is 0 Å². The molecule has 0 bridgehead atoms. The Morgan fingerprint density at radius 1 is 1.20 bits per heavy atom. The predicted molar refractivity (Wildman–Crippen MR) is 84.4 cm³/mol. The van der Waals surface area contributed by atoms with Crippen molar-refractivity contribution in [2.45, 2.75) is 32.2 Å². The summed E-state index contributed by atoms with van der Waals surface area (Å²) in [4.78, 5) is 0. The van der Waals surface area contributed by atoms with E-state index >= 15 is 0 Å². The van der Waals surface area contributed by atoms with Gasteiger partial charge >= 0.3 is 0 Å². The number of hydrogen-bond donors (Lipinski definition) is 1. The smallest absolute Gasteiger partial charge is 0.127 e. The first-order valence-electron chi connectivity index (χ1n) is 7.50. The Labute approximate surface area is 121 Å². The maximum Gasteiger partial charge on any atom is 0.127 e. The van der Waals surface area contributed by atoms with E-state index in [1.54, 1.807) is 7.11 Å². The van der Waals surface area contributed by atoms with Crippen LogP contribution in [0, 0.1) is 5.92 Å². The van der Waals surface area contributed by atoms with Crippen molar-refractivity contribution in [3.63, 3.8) is 0 Å². The molecule has 0 radical (unpaired) electrons. The molecule has 1 N–H and O–H groups in total. The molecule has 0 saturated heterocycles. The molecular formula is C18H23NO. The number of aryl methyl sites for hydroxylation is 1. The van der Waals surface area contributed by atoms with E-state index in [2.05, 4.69) is 49.6 Å². The van der Waals surface area contributed by atoms with Crippen molar-refractivity contribution < 1.29 is 4.74 Å². The SMILES string of the molecule is CNC1CC(C)CCc2c1cc(OC)c1ccccc21. The third kappa shape index (κ3) is 2.18. The lowest BCUT2D eigenvalue weighted by Gasteiger charge is -2.21. The molecule has 1 aliphatic rings. The van der Waals surface area contributed by atoms with Crippen LogP contribution in [0.15, 0.2) is 30.3 Å². The van der Waals surface area contributed by atoms with Crippen molar-refractivity contribution in [1.82, 2.24) is 5.32 Å². The Morgan fingerprint density at radius 3 is 2.65 bits per heavy atom. The minimum Gasteiger partial charge on any atom is -0.496 e. The molecule has 2 atom stereocenters. The van der Waals surface area contributed by atoms with Crippen molar-refractivity contribution in [2.24, 2.45) is 5.92 Å². The Morgan fingerprint density at radius 2 is 1.95 bits per heavy atom. The zero-order chi connectivity index (χ0) is 14.1. The average Bonchev–Trinajstić information content (AvgIpc) is 2.65. The third-order valence-electron chi connectivity index (χ3n) is 4.62. The lowest BCUT2D eigenvalue weighted by Crippen LogP contribution is -2.18. The van der Waals surface area contributed by atoms with Crippen LogP contribution in [0.3, 0.4) is 0 Å². The summed E-state index contributed by atoms with van der Waals surface area (Å²) in [6.45, 7) is 2.36. The average molecular weight is 269 g/mol. The fourth-order valence-corrected chi connectivity index (χ4v) is 3.49. The summed E-state index contributed by atoms with van der Waals surface area (Å²) in [5, 5.41) is 6.08. The molecule has 0 amide bonds. The number of nitrogens with one attached hydrogen (secondary N) is 1. The summed E-state index contributed by atoms with van der Waals surface area (Å²) >= 11 is 0. The second-order valence-corrected chi connectivity index (χ2v) is 5.91. The highest BCUT2D eigenvalue weighted by molar-refractivity contribution is 5.92. The molecule has 2 heteroatoms. The predicted octanol–water partition coefficient (Wildman–Crippen LogP) is 4.08. The normalized spacial score (nSPS) is 22.4. The topological polar surface area (TPSA) is 21.3 Å². The monoisotopic (exact) mass is 269 g/mol. The van der Waals surface area contributed by atoms with Crippen molar-refractivity contribution in [3.05, 3.63) is 41.5 Å². The van der Waals surface area contributed by atoms with Gasteiger partial charge in [0.2, 0.25) is 0 Å². The lowest BCUT2D eigenvalue weighted by atomic mass is 9.92. The van der Waals surface area contributed by atoms with E-state index in [0.29, 0.717) is 6.04 Å². The van der Waals surface area contributed by atoms with Gasteiger partial charge in [-0.1, -0.05) is 31.2 Å². The van der Waals surface area contributed by atoms with Crippen LogP contribution >= 0.6 is 0 Å². The van der Waals surface area contributed by atoms with Crippen LogP contribution in [0.2, 0.25) is 0 Å². The van der Waals surface area contributed by atoms with Gasteiger partial charge in [0.25, 0.3) is 0 Å². The first-order valence-corrected chi connectivity index (χ1v) is 7.50. The van der Waals surface area contributed by atoms with Crippen LogP contribution < -0.4 is 10.1 Å². The minimum absolute atomic E-state index is 0.431. The maximum atomic E-state index is 5.63. The summed E-state index contributed by atoms with van der Waals surface area (Å²) < 4.78 is 5.63. The molecule has 0 saturated carbocycles. The van der Waals surface area contributed by atoms with Gasteiger partial charge in [-0.2, -0.15) is 0 Å². The second kappa shape index (κ2) is 5.45. The number of rotatable bonds is 2. The third-order valence-corrected chi connectivity index (χ3v) is 4.62. The van der Waals surface area contributed by atoms with E-state index in [0.717, 1.165) is 11.7 Å². The highest BCUT2D eigenvalue weighted by Crippen LogP contribution is 2.39. The molecule has 0 spiro atoms. The van der Waals surface area contributed by atoms with Crippen molar-refractivity contribution in [3.8, 4) is 5.75 Å². The molecule has 0 fully saturated rings. The Balaban J connectivity index is 2.27. The molecule has 106 valence electrons. The van der Waals surface area contributed by atoms with Crippen LogP contribution in [-0.4, -0.2) is 14.2 Å². The second-order valence-electron chi connectivity index (χ2n) is 5.91. The number of benzene rings is 2. The summed E-state index contributed by atoms with van der Waals surface area (Å²) in [7, 11) is 3.83. The van der Waals surface area contributed by atoms with Gasteiger partial charge < -0.3 is 10.1 Å². The van der Waals surface area contributed by atoms with Crippen LogP contribution in [0.1, 0.15) is 36.9 Å². The maximum absolute atomic E-state index is 5.63. The fourth-order valence-electron chi connectivity index (χ4n) is 3.49. The van der Waals surface area contributed by atoms with Gasteiger partial charge in [-0.15, -0.1) is 0 Å². The Hall–Kier alpha value is -1.54. The molecule has 2 nitrogen and oxygen atoms in total. The van der Waals surface area contributed by atoms with Crippen LogP contribution in [0.5, 0.6) is 5.75 Å². The highest BCUT2D eigenvalue weighted by atomic mass is 16.5. The van der Waals surface area contributed by atoms with Crippen molar-refractivity contribution >= 4 is 10.8 Å². The standard InChI is InChI=1S/C18H23NO/c1-12-8-9-14-13-6-4-5-7-15(13)18(20-3)11-16(14)17(10-12)19-2/h4-7,11-12,17,19H,8-10H2,1-3H3. The van der Waals surface area contributed by atoms with Crippen molar-refractivity contribution in [1.29, 1.82) is 0 Å². The molecule has 0 aromatic heterocycles. The van der Waals surface area contributed by atoms with Crippen LogP contribution in [0.25, 0.3) is 10.8 Å². The summed E-state index contributed by atoms with van der Waals surface area (Å²) in [6, 6.07) is 11.3. The van der Waals surface area contributed by atoms with E-state index in [1.807, 2.05) is 0 Å². The van der Waals surface area contributed by atoms with Gasteiger partial charge in [-0.25, -0.2) is 0 Å². The molecule has 2 aromatic rings. The van der Waals surface area contributed by atoms with Gasteiger partial charge in [-0.3, -0.25) is 0 Å². The van der Waals surface area contributed by atoms with Gasteiger partial charge in [0.05, 0.1) is 7.11 Å². The molecule has 0 heterocycles. The quantitative estimate of drug-likeness (QED) is 0.829. The molecule has 2 unspecified atom stereocenters. The van der Waals surface area contributed by atoms with Gasteiger partial charge in [0.1, 0.15) is 5.75 Å². The van der Waals surface area contributed by atoms with E-state index in [-0.39, 0.29) is 0 Å². The van der Waals surface area contributed by atoms with Gasteiger partial charge in [-0.05, 0) is 54.8 Å².